The minimum Gasteiger partial charge on any atom is -0.382 e. The summed E-state index contributed by atoms with van der Waals surface area (Å²) in [7, 11) is 0. The first-order valence-corrected chi connectivity index (χ1v) is 7.02. The van der Waals surface area contributed by atoms with E-state index in [1.807, 2.05) is 24.3 Å². The van der Waals surface area contributed by atoms with Crippen molar-refractivity contribution in [3.8, 4) is 0 Å². The summed E-state index contributed by atoms with van der Waals surface area (Å²) in [5, 5.41) is 3.60. The number of carbonyl (C=O) groups is 1. The zero-order valence-electron chi connectivity index (χ0n) is 11.4. The van der Waals surface area contributed by atoms with E-state index in [2.05, 4.69) is 12.2 Å². The zero-order chi connectivity index (χ0) is 13.0. The summed E-state index contributed by atoms with van der Waals surface area (Å²) in [6.07, 6.45) is 6.53. The van der Waals surface area contributed by atoms with E-state index in [1.54, 1.807) is 6.92 Å². The molecule has 18 heavy (non-hydrogen) atoms. The number of carbonyl (C=O) groups excluding carboxylic acids is 1. The highest BCUT2D eigenvalue weighted by atomic mass is 16.1. The lowest BCUT2D eigenvalue weighted by molar-refractivity contribution is 0.101. The van der Waals surface area contributed by atoms with Gasteiger partial charge in [0.25, 0.3) is 0 Å². The van der Waals surface area contributed by atoms with Crippen molar-refractivity contribution in [2.24, 2.45) is 5.92 Å². The molecule has 1 aliphatic carbocycles. The Morgan fingerprint density at radius 1 is 1.11 bits per heavy atom. The molecule has 0 heterocycles. The third-order valence-electron chi connectivity index (χ3n) is 3.92. The van der Waals surface area contributed by atoms with Gasteiger partial charge in [0.15, 0.2) is 5.78 Å². The number of ketones is 1. The molecule has 2 nitrogen and oxygen atoms in total. The number of rotatable bonds is 3. The molecule has 2 heteroatoms. The maximum absolute atomic E-state index is 11.2. The first-order valence-electron chi connectivity index (χ1n) is 7.02. The van der Waals surface area contributed by atoms with Crippen LogP contribution in [0.25, 0.3) is 0 Å². The van der Waals surface area contributed by atoms with Crippen molar-refractivity contribution in [2.75, 3.05) is 5.32 Å². The molecule has 1 fully saturated rings. The molecule has 0 aliphatic heterocycles. The fourth-order valence-corrected chi connectivity index (χ4v) is 2.67. The molecule has 0 spiro atoms. The van der Waals surface area contributed by atoms with Gasteiger partial charge in [0.1, 0.15) is 0 Å². The quantitative estimate of drug-likeness (QED) is 0.636. The number of Topliss-reactive ketones (excluding diaryl/α,β-unsaturated/α-hetero) is 1. The van der Waals surface area contributed by atoms with Crippen molar-refractivity contribution in [3.05, 3.63) is 29.8 Å². The molecule has 0 bridgehead atoms. The van der Waals surface area contributed by atoms with Crippen LogP contribution in [-0.4, -0.2) is 11.8 Å². The van der Waals surface area contributed by atoms with Gasteiger partial charge in [-0.25, -0.2) is 0 Å². The average molecular weight is 245 g/mol. The van der Waals surface area contributed by atoms with Crippen LogP contribution in [0.4, 0.5) is 5.69 Å². The molecule has 1 N–H and O–H groups in total. The summed E-state index contributed by atoms with van der Waals surface area (Å²) in [4.78, 5) is 11.2. The molecule has 1 aromatic carbocycles. The van der Waals surface area contributed by atoms with Crippen LogP contribution in [-0.2, 0) is 0 Å². The third kappa shape index (κ3) is 3.59. The topological polar surface area (TPSA) is 29.1 Å². The molecular formula is C16H23NO. The van der Waals surface area contributed by atoms with Gasteiger partial charge in [0, 0.05) is 17.3 Å². The van der Waals surface area contributed by atoms with Crippen molar-refractivity contribution in [1.29, 1.82) is 0 Å². The van der Waals surface area contributed by atoms with Crippen LogP contribution in [0.15, 0.2) is 24.3 Å². The van der Waals surface area contributed by atoms with E-state index in [9.17, 15) is 4.79 Å². The lowest BCUT2D eigenvalue weighted by Gasteiger charge is -2.18. The number of hydrogen-bond donors (Lipinski definition) is 1. The van der Waals surface area contributed by atoms with Gasteiger partial charge in [-0.05, 0) is 56.4 Å². The van der Waals surface area contributed by atoms with E-state index < -0.39 is 0 Å². The second kappa shape index (κ2) is 6.03. The third-order valence-corrected chi connectivity index (χ3v) is 3.92. The van der Waals surface area contributed by atoms with Crippen LogP contribution in [0.5, 0.6) is 0 Å². The number of hydrogen-bond acceptors (Lipinski definition) is 2. The lowest BCUT2D eigenvalue weighted by atomic mass is 10.0. The van der Waals surface area contributed by atoms with Crippen LogP contribution in [0.2, 0.25) is 0 Å². The minimum absolute atomic E-state index is 0.129. The van der Waals surface area contributed by atoms with E-state index in [0.29, 0.717) is 6.04 Å². The maximum Gasteiger partial charge on any atom is 0.159 e. The van der Waals surface area contributed by atoms with Gasteiger partial charge in [-0.3, -0.25) is 4.79 Å². The molecule has 2 unspecified atom stereocenters. The van der Waals surface area contributed by atoms with Crippen LogP contribution in [0, 0.1) is 5.92 Å². The van der Waals surface area contributed by atoms with Gasteiger partial charge in [-0.1, -0.05) is 19.8 Å². The van der Waals surface area contributed by atoms with Crippen molar-refractivity contribution >= 4 is 11.5 Å². The summed E-state index contributed by atoms with van der Waals surface area (Å²) in [6.45, 7) is 3.96. The Hall–Kier alpha value is -1.31. The Morgan fingerprint density at radius 2 is 1.83 bits per heavy atom. The van der Waals surface area contributed by atoms with E-state index in [0.717, 1.165) is 17.2 Å². The molecule has 0 radical (unpaired) electrons. The minimum atomic E-state index is 0.129. The first-order chi connectivity index (χ1) is 8.65. The fourth-order valence-electron chi connectivity index (χ4n) is 2.67. The van der Waals surface area contributed by atoms with Gasteiger partial charge in [-0.15, -0.1) is 0 Å². The van der Waals surface area contributed by atoms with Gasteiger partial charge < -0.3 is 5.32 Å². The van der Waals surface area contributed by atoms with E-state index in [1.165, 1.54) is 32.1 Å². The first kappa shape index (κ1) is 13.1. The molecule has 0 amide bonds. The zero-order valence-corrected chi connectivity index (χ0v) is 11.4. The Morgan fingerprint density at radius 3 is 2.50 bits per heavy atom. The molecule has 1 aromatic rings. The van der Waals surface area contributed by atoms with Crippen molar-refractivity contribution in [1.82, 2.24) is 0 Å². The lowest BCUT2D eigenvalue weighted by Crippen LogP contribution is -2.18. The van der Waals surface area contributed by atoms with Crippen LogP contribution >= 0.6 is 0 Å². The summed E-state index contributed by atoms with van der Waals surface area (Å²) in [5.41, 5.74) is 1.93. The summed E-state index contributed by atoms with van der Waals surface area (Å²) >= 11 is 0. The maximum atomic E-state index is 11.2. The summed E-state index contributed by atoms with van der Waals surface area (Å²) in [6, 6.07) is 8.45. The molecule has 1 saturated carbocycles. The van der Waals surface area contributed by atoms with Crippen molar-refractivity contribution in [3.63, 3.8) is 0 Å². The van der Waals surface area contributed by atoms with Gasteiger partial charge in [-0.2, -0.15) is 0 Å². The predicted molar refractivity (Wildman–Crippen MR) is 76.1 cm³/mol. The van der Waals surface area contributed by atoms with Crippen molar-refractivity contribution in [2.45, 2.75) is 52.0 Å². The second-order valence-electron chi connectivity index (χ2n) is 5.59. The van der Waals surface area contributed by atoms with Crippen LogP contribution < -0.4 is 5.32 Å². The van der Waals surface area contributed by atoms with Crippen LogP contribution in [0.3, 0.4) is 0 Å². The molecule has 2 rings (SSSR count). The Labute approximate surface area is 110 Å². The second-order valence-corrected chi connectivity index (χ2v) is 5.59. The number of anilines is 1. The monoisotopic (exact) mass is 245 g/mol. The Balaban J connectivity index is 1.94. The molecule has 0 aromatic heterocycles. The predicted octanol–water partition coefficient (Wildman–Crippen LogP) is 4.27. The molecule has 0 saturated heterocycles. The summed E-state index contributed by atoms with van der Waals surface area (Å²) in [5.74, 6) is 1.00. The molecule has 1 aliphatic rings. The van der Waals surface area contributed by atoms with Crippen LogP contribution in [0.1, 0.15) is 56.3 Å². The molecule has 98 valence electrons. The fraction of sp³-hybridized carbons (Fsp3) is 0.562. The standard InChI is InChI=1S/C16H23NO/c1-12-4-3-5-15(9-6-12)17-16-10-7-14(8-11-16)13(2)18/h7-8,10-12,15,17H,3-6,9H2,1-2H3. The normalized spacial score (nSPS) is 24.3. The van der Waals surface area contributed by atoms with Gasteiger partial charge in [0.2, 0.25) is 0 Å². The Bertz CT molecular complexity index is 396. The highest BCUT2D eigenvalue weighted by molar-refractivity contribution is 5.94. The highest BCUT2D eigenvalue weighted by Gasteiger charge is 2.15. The van der Waals surface area contributed by atoms with Gasteiger partial charge in [0.05, 0.1) is 0 Å². The largest absolute Gasteiger partial charge is 0.382 e. The van der Waals surface area contributed by atoms with Gasteiger partial charge >= 0.3 is 0 Å². The highest BCUT2D eigenvalue weighted by Crippen LogP contribution is 2.25. The van der Waals surface area contributed by atoms with Crippen molar-refractivity contribution < 1.29 is 4.79 Å². The molecule has 2 atom stereocenters. The SMILES string of the molecule is CC(=O)c1ccc(NC2CCCC(C)CC2)cc1. The Kier molecular flexibility index (Phi) is 4.40. The van der Waals surface area contributed by atoms with E-state index >= 15 is 0 Å². The number of benzene rings is 1. The smallest absolute Gasteiger partial charge is 0.159 e. The van der Waals surface area contributed by atoms with E-state index in [4.69, 9.17) is 0 Å². The molecular weight excluding hydrogens is 222 g/mol. The average Bonchev–Trinajstić information content (AvgIpc) is 2.55. The summed E-state index contributed by atoms with van der Waals surface area (Å²) < 4.78 is 0. The number of nitrogens with one attached hydrogen (secondary N) is 1. The van der Waals surface area contributed by atoms with E-state index in [-0.39, 0.29) is 5.78 Å².